The topological polar surface area (TPSA) is 13.1 Å². The predicted molar refractivity (Wildman–Crippen MR) is 60.6 cm³/mol. The minimum atomic E-state index is 0.853. The number of furan rings is 1. The van der Waals surface area contributed by atoms with Gasteiger partial charge >= 0.3 is 0 Å². The molecule has 14 heavy (non-hydrogen) atoms. The van der Waals surface area contributed by atoms with Gasteiger partial charge in [0, 0.05) is 17.3 Å². The molecule has 0 spiro atoms. The number of rotatable bonds is 3. The van der Waals surface area contributed by atoms with E-state index in [0.29, 0.717) is 0 Å². The molecule has 1 nitrogen and oxygen atoms in total. The first-order valence-electron chi connectivity index (χ1n) is 4.54. The molecule has 0 amide bonds. The third kappa shape index (κ3) is 2.07. The molecule has 0 aliphatic carbocycles. The van der Waals surface area contributed by atoms with Gasteiger partial charge in [0.1, 0.15) is 0 Å². The van der Waals surface area contributed by atoms with Gasteiger partial charge in [0.25, 0.3) is 0 Å². The maximum Gasteiger partial charge on any atom is 0.0946 e. The van der Waals surface area contributed by atoms with Crippen molar-refractivity contribution < 1.29 is 4.42 Å². The molecule has 1 aromatic heterocycles. The Hall–Kier alpha value is -1.02. The fourth-order valence-corrected chi connectivity index (χ4v) is 1.93. The van der Waals surface area contributed by atoms with Gasteiger partial charge in [-0.05, 0) is 11.1 Å². The van der Waals surface area contributed by atoms with Crippen LogP contribution in [0.4, 0.5) is 0 Å². The number of halogens is 1. The molecule has 0 bridgehead atoms. The maximum absolute atomic E-state index is 5.18. The normalized spacial score (nSPS) is 10.4. The van der Waals surface area contributed by atoms with Crippen molar-refractivity contribution in [2.45, 2.75) is 11.8 Å². The predicted octanol–water partition coefficient (Wildman–Crippen LogP) is 3.77. The van der Waals surface area contributed by atoms with Crippen molar-refractivity contribution in [3.8, 4) is 0 Å². The van der Waals surface area contributed by atoms with Crippen LogP contribution in [0, 0.1) is 0 Å². The summed E-state index contributed by atoms with van der Waals surface area (Å²) in [5.41, 5.74) is 3.80. The van der Waals surface area contributed by atoms with E-state index < -0.39 is 0 Å². The second-order valence-electron chi connectivity index (χ2n) is 3.22. The monoisotopic (exact) mass is 250 g/mol. The van der Waals surface area contributed by atoms with Crippen molar-refractivity contribution >= 4 is 15.9 Å². The van der Waals surface area contributed by atoms with Crippen LogP contribution < -0.4 is 0 Å². The van der Waals surface area contributed by atoms with Crippen molar-refractivity contribution in [1.82, 2.24) is 0 Å². The van der Waals surface area contributed by atoms with E-state index in [1.807, 2.05) is 12.3 Å². The van der Waals surface area contributed by atoms with Gasteiger partial charge in [-0.1, -0.05) is 46.3 Å². The minimum absolute atomic E-state index is 0.853. The van der Waals surface area contributed by atoms with E-state index in [-0.39, 0.29) is 0 Å². The zero-order valence-electron chi connectivity index (χ0n) is 7.74. The summed E-state index contributed by atoms with van der Waals surface area (Å²) >= 11 is 3.44. The van der Waals surface area contributed by atoms with Crippen LogP contribution in [-0.4, -0.2) is 0 Å². The Labute approximate surface area is 91.9 Å². The van der Waals surface area contributed by atoms with Crippen LogP contribution in [0.5, 0.6) is 0 Å². The Bertz CT molecular complexity index is 392. The molecule has 0 aliphatic rings. The van der Waals surface area contributed by atoms with Crippen molar-refractivity contribution in [3.05, 3.63) is 59.5 Å². The van der Waals surface area contributed by atoms with Crippen molar-refractivity contribution in [3.63, 3.8) is 0 Å². The molecule has 0 N–H and O–H groups in total. The summed E-state index contributed by atoms with van der Waals surface area (Å²) in [7, 11) is 0. The zero-order chi connectivity index (χ0) is 9.80. The van der Waals surface area contributed by atoms with Crippen LogP contribution >= 0.6 is 15.9 Å². The van der Waals surface area contributed by atoms with Crippen LogP contribution in [0.1, 0.15) is 16.7 Å². The fraction of sp³-hybridized carbons (Fsp3) is 0.167. The van der Waals surface area contributed by atoms with E-state index >= 15 is 0 Å². The summed E-state index contributed by atoms with van der Waals surface area (Å²) in [5, 5.41) is 0.853. The van der Waals surface area contributed by atoms with Crippen LogP contribution in [0.15, 0.2) is 47.3 Å². The molecule has 2 aromatic rings. The Morgan fingerprint density at radius 2 is 1.71 bits per heavy atom. The highest BCUT2D eigenvalue weighted by Crippen LogP contribution is 2.17. The van der Waals surface area contributed by atoms with E-state index in [2.05, 4.69) is 40.2 Å². The summed E-state index contributed by atoms with van der Waals surface area (Å²) < 4.78 is 5.18. The average Bonchev–Trinajstić information content (AvgIpc) is 2.67. The van der Waals surface area contributed by atoms with Gasteiger partial charge in [0.05, 0.1) is 12.5 Å². The van der Waals surface area contributed by atoms with Crippen LogP contribution in [0.25, 0.3) is 0 Å². The second kappa shape index (κ2) is 4.47. The maximum atomic E-state index is 5.18. The minimum Gasteiger partial charge on any atom is -0.472 e. The summed E-state index contributed by atoms with van der Waals surface area (Å²) in [4.78, 5) is 0. The molecule has 1 aromatic carbocycles. The molecule has 0 saturated heterocycles. The lowest BCUT2D eigenvalue weighted by molar-refractivity contribution is 0.563. The highest BCUT2D eigenvalue weighted by Gasteiger charge is 2.04. The van der Waals surface area contributed by atoms with Crippen molar-refractivity contribution in [1.29, 1.82) is 0 Å². The summed E-state index contributed by atoms with van der Waals surface area (Å²) in [6.07, 6.45) is 4.56. The van der Waals surface area contributed by atoms with E-state index in [9.17, 15) is 0 Å². The molecule has 0 saturated carbocycles. The number of hydrogen-bond donors (Lipinski definition) is 0. The Morgan fingerprint density at radius 1 is 1.00 bits per heavy atom. The molecule has 2 heteroatoms. The molecular formula is C12H11BrO. The van der Waals surface area contributed by atoms with Gasteiger partial charge in [0.15, 0.2) is 0 Å². The van der Waals surface area contributed by atoms with E-state index in [4.69, 9.17) is 4.42 Å². The Kier molecular flexibility index (Phi) is 3.04. The van der Waals surface area contributed by atoms with Crippen molar-refractivity contribution in [2.75, 3.05) is 0 Å². The molecule has 0 atom stereocenters. The molecule has 2 rings (SSSR count). The standard InChI is InChI=1S/C12H11BrO/c13-7-12-9-14-8-11(12)6-10-4-2-1-3-5-10/h1-5,8-9H,6-7H2. The number of hydrogen-bond acceptors (Lipinski definition) is 1. The molecule has 0 fully saturated rings. The van der Waals surface area contributed by atoms with E-state index in [1.54, 1.807) is 6.26 Å². The lowest BCUT2D eigenvalue weighted by Gasteiger charge is -1.99. The molecule has 0 unspecified atom stereocenters. The smallest absolute Gasteiger partial charge is 0.0946 e. The van der Waals surface area contributed by atoms with Gasteiger partial charge in [0.2, 0.25) is 0 Å². The largest absolute Gasteiger partial charge is 0.472 e. The third-order valence-electron chi connectivity index (χ3n) is 2.21. The average molecular weight is 251 g/mol. The van der Waals surface area contributed by atoms with Gasteiger partial charge < -0.3 is 4.42 Å². The highest BCUT2D eigenvalue weighted by atomic mass is 79.9. The Morgan fingerprint density at radius 3 is 2.43 bits per heavy atom. The van der Waals surface area contributed by atoms with Crippen LogP contribution in [-0.2, 0) is 11.8 Å². The van der Waals surface area contributed by atoms with Gasteiger partial charge in [-0.2, -0.15) is 0 Å². The molecular weight excluding hydrogens is 240 g/mol. The zero-order valence-corrected chi connectivity index (χ0v) is 9.33. The fourth-order valence-electron chi connectivity index (χ4n) is 1.44. The van der Waals surface area contributed by atoms with Crippen molar-refractivity contribution in [2.24, 2.45) is 0 Å². The van der Waals surface area contributed by atoms with E-state index in [1.165, 1.54) is 16.7 Å². The molecule has 1 heterocycles. The highest BCUT2D eigenvalue weighted by molar-refractivity contribution is 9.08. The third-order valence-corrected chi connectivity index (χ3v) is 2.82. The van der Waals surface area contributed by atoms with Gasteiger partial charge in [-0.3, -0.25) is 0 Å². The van der Waals surface area contributed by atoms with Gasteiger partial charge in [-0.25, -0.2) is 0 Å². The summed E-state index contributed by atoms with van der Waals surface area (Å²) in [5.74, 6) is 0. The Balaban J connectivity index is 2.19. The lowest BCUT2D eigenvalue weighted by atomic mass is 10.1. The first kappa shape index (κ1) is 9.53. The first-order chi connectivity index (χ1) is 6.90. The number of alkyl halides is 1. The summed E-state index contributed by atoms with van der Waals surface area (Å²) in [6, 6.07) is 10.4. The van der Waals surface area contributed by atoms with Crippen LogP contribution in [0.2, 0.25) is 0 Å². The second-order valence-corrected chi connectivity index (χ2v) is 3.78. The van der Waals surface area contributed by atoms with Crippen LogP contribution in [0.3, 0.4) is 0 Å². The SMILES string of the molecule is BrCc1cocc1Cc1ccccc1. The molecule has 0 radical (unpaired) electrons. The quantitative estimate of drug-likeness (QED) is 0.757. The molecule has 0 aliphatic heterocycles. The van der Waals surface area contributed by atoms with E-state index in [0.717, 1.165) is 11.8 Å². The molecule has 72 valence electrons. The summed E-state index contributed by atoms with van der Waals surface area (Å²) in [6.45, 7) is 0. The van der Waals surface area contributed by atoms with Gasteiger partial charge in [-0.15, -0.1) is 0 Å². The number of benzene rings is 1. The lowest BCUT2D eigenvalue weighted by Crippen LogP contribution is -1.88. The first-order valence-corrected chi connectivity index (χ1v) is 5.66.